The number of rotatable bonds is 6. The van der Waals surface area contributed by atoms with Crippen LogP contribution in [0.15, 0.2) is 174 Å². The molecular formula is C46H32N2O6. The average molecular weight is 709 g/mol. The number of nitrogens with zero attached hydrogens (tertiary/aromatic N) is 2. The lowest BCUT2D eigenvalue weighted by atomic mass is 9.80. The van der Waals surface area contributed by atoms with Crippen LogP contribution in [0.5, 0.6) is 0 Å². The van der Waals surface area contributed by atoms with Gasteiger partial charge in [-0.1, -0.05) is 121 Å². The SMILES string of the molecule is Cn1c2cccccc-2c(C(c2ccc(C(c3c4cccccc-4oc3=O)c3c4cccccc-4oc3=O)cc2)c2c3cccccc-3n(C)c2=O)c1=O. The van der Waals surface area contributed by atoms with Crippen LogP contribution in [0.3, 0.4) is 0 Å². The van der Waals surface area contributed by atoms with Gasteiger partial charge in [-0.15, -0.1) is 0 Å². The van der Waals surface area contributed by atoms with E-state index in [1.807, 2.05) is 121 Å². The molecule has 0 spiro atoms. The molecule has 0 saturated heterocycles. The van der Waals surface area contributed by atoms with Crippen molar-refractivity contribution >= 4 is 0 Å². The molecule has 0 fully saturated rings. The van der Waals surface area contributed by atoms with Gasteiger partial charge in [0, 0.05) is 59.3 Å². The van der Waals surface area contributed by atoms with E-state index in [0.717, 1.165) is 22.5 Å². The van der Waals surface area contributed by atoms with Gasteiger partial charge in [0.15, 0.2) is 0 Å². The molecule has 4 aliphatic carbocycles. The molecule has 4 aliphatic heterocycles. The summed E-state index contributed by atoms with van der Waals surface area (Å²) < 4.78 is 14.8. The van der Waals surface area contributed by atoms with Crippen molar-refractivity contribution in [2.45, 2.75) is 11.8 Å². The minimum Gasteiger partial charge on any atom is -0.422 e. The summed E-state index contributed by atoms with van der Waals surface area (Å²) in [5.41, 5.74) is 5.48. The topological polar surface area (TPSA) is 104 Å². The maximum atomic E-state index is 14.3. The van der Waals surface area contributed by atoms with Crippen molar-refractivity contribution in [1.29, 1.82) is 0 Å². The maximum absolute atomic E-state index is 14.3. The molecular weight excluding hydrogens is 677 g/mol. The normalized spacial score (nSPS) is 11.8. The zero-order valence-electron chi connectivity index (χ0n) is 29.4. The molecule has 0 unspecified atom stereocenters. The number of hydrogen-bond acceptors (Lipinski definition) is 6. The van der Waals surface area contributed by atoms with E-state index < -0.39 is 23.1 Å². The molecule has 54 heavy (non-hydrogen) atoms. The highest BCUT2D eigenvalue weighted by Gasteiger charge is 2.36. The predicted molar refractivity (Wildman–Crippen MR) is 208 cm³/mol. The highest BCUT2D eigenvalue weighted by molar-refractivity contribution is 5.75. The van der Waals surface area contributed by atoms with E-state index in [0.29, 0.717) is 56.0 Å². The molecule has 0 saturated carbocycles. The molecule has 0 radical (unpaired) electrons. The molecule has 4 heterocycles. The van der Waals surface area contributed by atoms with E-state index in [2.05, 4.69) is 0 Å². The second-order valence-electron chi connectivity index (χ2n) is 13.5. The van der Waals surface area contributed by atoms with Crippen LogP contribution in [0.25, 0.3) is 45.2 Å². The summed E-state index contributed by atoms with van der Waals surface area (Å²) in [6, 6.07) is 44.5. The van der Waals surface area contributed by atoms with Crippen LogP contribution in [0.1, 0.15) is 45.2 Å². The molecule has 262 valence electrons. The van der Waals surface area contributed by atoms with Crippen LogP contribution < -0.4 is 22.4 Å². The predicted octanol–water partition coefficient (Wildman–Crippen LogP) is 7.77. The van der Waals surface area contributed by atoms with Crippen molar-refractivity contribution in [3.63, 3.8) is 0 Å². The third-order valence-corrected chi connectivity index (χ3v) is 10.6. The lowest BCUT2D eigenvalue weighted by molar-refractivity contribution is 0.533. The highest BCUT2D eigenvalue weighted by Crippen LogP contribution is 2.44. The van der Waals surface area contributed by atoms with Gasteiger partial charge in [-0.3, -0.25) is 9.59 Å². The van der Waals surface area contributed by atoms with Crippen molar-refractivity contribution in [3.8, 4) is 45.2 Å². The van der Waals surface area contributed by atoms with Gasteiger partial charge >= 0.3 is 11.3 Å². The van der Waals surface area contributed by atoms with Crippen LogP contribution in [-0.4, -0.2) is 9.13 Å². The van der Waals surface area contributed by atoms with Crippen molar-refractivity contribution in [1.82, 2.24) is 9.13 Å². The lowest BCUT2D eigenvalue weighted by Gasteiger charge is -2.20. The molecule has 8 nitrogen and oxygen atoms in total. The number of benzene rings is 1. The van der Waals surface area contributed by atoms with Crippen LogP contribution >= 0.6 is 0 Å². The Kier molecular flexibility index (Phi) is 7.82. The van der Waals surface area contributed by atoms with Crippen LogP contribution in [-0.2, 0) is 14.1 Å². The smallest absolute Gasteiger partial charge is 0.341 e. The molecule has 8 heteroatoms. The van der Waals surface area contributed by atoms with E-state index in [1.165, 1.54) is 0 Å². The number of fused-ring (bicyclic) bond motifs is 4. The molecule has 8 aliphatic rings. The largest absolute Gasteiger partial charge is 0.422 e. The Hall–Kier alpha value is -7.06. The minimum absolute atomic E-state index is 0.206. The van der Waals surface area contributed by atoms with Crippen LogP contribution in [0.2, 0.25) is 0 Å². The van der Waals surface area contributed by atoms with E-state index in [4.69, 9.17) is 8.83 Å². The number of aromatic nitrogens is 2. The molecule has 1 aromatic rings. The summed E-state index contributed by atoms with van der Waals surface area (Å²) >= 11 is 0. The van der Waals surface area contributed by atoms with Gasteiger partial charge in [-0.25, -0.2) is 9.59 Å². The Morgan fingerprint density at radius 1 is 0.389 bits per heavy atom. The second kappa shape index (κ2) is 12.9. The van der Waals surface area contributed by atoms with Gasteiger partial charge < -0.3 is 18.0 Å². The molecule has 9 rings (SSSR count). The molecule has 1 aromatic carbocycles. The summed E-state index contributed by atoms with van der Waals surface area (Å²) in [6.07, 6.45) is 0. The van der Waals surface area contributed by atoms with Crippen molar-refractivity contribution in [2.75, 3.05) is 0 Å². The fourth-order valence-electron chi connectivity index (χ4n) is 8.08. The first-order valence-corrected chi connectivity index (χ1v) is 17.6. The third-order valence-electron chi connectivity index (χ3n) is 10.6. The molecule has 0 bridgehead atoms. The van der Waals surface area contributed by atoms with E-state index >= 15 is 0 Å². The number of furan rings is 2. The average Bonchev–Trinajstić information content (AvgIpc) is 3.49. The van der Waals surface area contributed by atoms with E-state index in [-0.39, 0.29) is 11.1 Å². The monoisotopic (exact) mass is 708 g/mol. The third kappa shape index (κ3) is 5.06. The summed E-state index contributed by atoms with van der Waals surface area (Å²) in [5.74, 6) is -0.844. The highest BCUT2D eigenvalue weighted by atomic mass is 16.4. The van der Waals surface area contributed by atoms with Gasteiger partial charge in [-0.05, 0) is 35.4 Å². The van der Waals surface area contributed by atoms with Gasteiger partial charge in [0.1, 0.15) is 11.5 Å². The zero-order valence-corrected chi connectivity index (χ0v) is 29.4. The van der Waals surface area contributed by atoms with Crippen LogP contribution in [0.4, 0.5) is 0 Å². The summed E-state index contributed by atoms with van der Waals surface area (Å²) in [4.78, 5) is 56.3. The maximum Gasteiger partial charge on any atom is 0.341 e. The molecule has 0 atom stereocenters. The van der Waals surface area contributed by atoms with Gasteiger partial charge in [-0.2, -0.15) is 0 Å². The van der Waals surface area contributed by atoms with Gasteiger partial charge in [0.05, 0.1) is 22.5 Å². The van der Waals surface area contributed by atoms with Crippen molar-refractivity contribution < 1.29 is 8.83 Å². The van der Waals surface area contributed by atoms with Crippen LogP contribution in [0, 0.1) is 0 Å². The second-order valence-corrected chi connectivity index (χ2v) is 13.5. The van der Waals surface area contributed by atoms with E-state index in [1.54, 1.807) is 47.5 Å². The molecule has 0 amide bonds. The molecule has 0 aromatic heterocycles. The standard InChI is InChI=1S/C46H32N2O6/c1-47-33-19-11-3-7-15-29(33)39(43(47)49)37(40-30-16-8-4-12-20-34(30)48(2)44(40)50)27-23-25-28(26-24-27)38(41-31-17-9-5-13-21-35(31)53-45(41)51)42-32-18-10-6-14-22-36(32)54-46(42)52/h3-26,37-38H,1-2H3. The number of hydrogen-bond donors (Lipinski definition) is 0. The van der Waals surface area contributed by atoms with Crippen molar-refractivity contribution in [2.24, 2.45) is 14.1 Å². The summed E-state index contributed by atoms with van der Waals surface area (Å²) in [5, 5.41) is 0. The Labute approximate surface area is 308 Å². The van der Waals surface area contributed by atoms with Gasteiger partial charge in [0.25, 0.3) is 11.1 Å². The van der Waals surface area contributed by atoms with E-state index in [9.17, 15) is 19.2 Å². The summed E-state index contributed by atoms with van der Waals surface area (Å²) in [7, 11) is 3.48. The minimum atomic E-state index is -0.872. The zero-order chi connectivity index (χ0) is 37.1. The Balaban J connectivity index is 1.31. The molecule has 0 N–H and O–H groups in total. The first-order chi connectivity index (χ1) is 26.3. The fraction of sp³-hybridized carbons (Fsp3) is 0.0870. The first kappa shape index (κ1) is 32.8. The van der Waals surface area contributed by atoms with Gasteiger partial charge in [0.2, 0.25) is 0 Å². The first-order valence-electron chi connectivity index (χ1n) is 17.6. The Morgan fingerprint density at radius 3 is 1.13 bits per heavy atom. The quantitative estimate of drug-likeness (QED) is 0.175. The fourth-order valence-corrected chi connectivity index (χ4v) is 8.08. The van der Waals surface area contributed by atoms with Crippen molar-refractivity contribution in [3.05, 3.63) is 221 Å². The Bertz CT molecular complexity index is 2790. The Morgan fingerprint density at radius 2 is 0.722 bits per heavy atom. The lowest BCUT2D eigenvalue weighted by Crippen LogP contribution is -2.23. The summed E-state index contributed by atoms with van der Waals surface area (Å²) in [6.45, 7) is 0.